The summed E-state index contributed by atoms with van der Waals surface area (Å²) in [5.41, 5.74) is 0.954. The Balaban J connectivity index is 2.37. The molecule has 0 spiro atoms. The van der Waals surface area contributed by atoms with Crippen LogP contribution in [0, 0.1) is 0 Å². The first-order valence-corrected chi connectivity index (χ1v) is 8.68. The zero-order chi connectivity index (χ0) is 17.1. The quantitative estimate of drug-likeness (QED) is 0.687. The third kappa shape index (κ3) is 4.66. The molecule has 0 atom stereocenters. The normalized spacial score (nSPS) is 11.1. The number of hydrogen-bond donors (Lipinski definition) is 0. The van der Waals surface area contributed by atoms with Gasteiger partial charge in [0.1, 0.15) is 17.5 Å². The summed E-state index contributed by atoms with van der Waals surface area (Å²) in [6.07, 6.45) is 0. The van der Waals surface area contributed by atoms with E-state index in [0.717, 1.165) is 15.6 Å². The Hall–Kier alpha value is -1.17. The van der Waals surface area contributed by atoms with Crippen molar-refractivity contribution in [2.24, 2.45) is 7.05 Å². The molecule has 4 nitrogen and oxygen atoms in total. The van der Waals surface area contributed by atoms with Gasteiger partial charge in [0.25, 0.3) is 0 Å². The summed E-state index contributed by atoms with van der Waals surface area (Å²) in [5.74, 6) is 0.624. The summed E-state index contributed by atoms with van der Waals surface area (Å²) >= 11 is 13.7. The Bertz CT molecular complexity index is 709. The first kappa shape index (κ1) is 18.2. The minimum Gasteiger partial charge on any atom is -0.458 e. The minimum absolute atomic E-state index is 0.155. The molecule has 0 radical (unpaired) electrons. The van der Waals surface area contributed by atoms with Crippen LogP contribution in [0.25, 0.3) is 0 Å². The van der Waals surface area contributed by atoms with Crippen molar-refractivity contribution in [1.82, 2.24) is 9.55 Å². The lowest BCUT2D eigenvalue weighted by molar-refractivity contribution is -0.142. The number of halogens is 2. The van der Waals surface area contributed by atoms with Crippen LogP contribution in [0.3, 0.4) is 0 Å². The van der Waals surface area contributed by atoms with Gasteiger partial charge in [-0.25, -0.2) is 4.98 Å². The number of carbonyl (C=O) groups excluding carboxylic acids is 1. The zero-order valence-electron chi connectivity index (χ0n) is 13.4. The lowest BCUT2D eigenvalue weighted by Gasteiger charge is -2.09. The molecule has 0 fully saturated rings. The van der Waals surface area contributed by atoms with Gasteiger partial charge in [0.05, 0.1) is 5.69 Å². The number of nitrogens with zero attached hydrogens (tertiary/aromatic N) is 2. The van der Waals surface area contributed by atoms with Gasteiger partial charge in [0, 0.05) is 28.9 Å². The number of aromatic nitrogens is 2. The largest absolute Gasteiger partial charge is 0.458 e. The van der Waals surface area contributed by atoms with Crippen molar-refractivity contribution in [1.29, 1.82) is 0 Å². The van der Waals surface area contributed by atoms with Crippen molar-refractivity contribution in [2.75, 3.05) is 0 Å². The van der Waals surface area contributed by atoms with E-state index in [2.05, 4.69) is 18.8 Å². The molecule has 7 heteroatoms. The van der Waals surface area contributed by atoms with Crippen LogP contribution in [-0.2, 0) is 23.2 Å². The fourth-order valence-corrected chi connectivity index (χ4v) is 3.92. The highest BCUT2D eigenvalue weighted by Crippen LogP contribution is 2.36. The third-order valence-electron chi connectivity index (χ3n) is 3.16. The molecular weight excluding hydrogens is 355 g/mol. The van der Waals surface area contributed by atoms with Crippen LogP contribution in [0.4, 0.5) is 0 Å². The summed E-state index contributed by atoms with van der Waals surface area (Å²) in [4.78, 5) is 16.6. The van der Waals surface area contributed by atoms with E-state index in [0.29, 0.717) is 15.9 Å². The number of carbonyl (C=O) groups is 1. The van der Waals surface area contributed by atoms with Gasteiger partial charge in [-0.1, -0.05) is 48.8 Å². The van der Waals surface area contributed by atoms with Crippen LogP contribution in [0.1, 0.15) is 38.2 Å². The second kappa shape index (κ2) is 7.60. The maximum Gasteiger partial charge on any atom is 0.303 e. The van der Waals surface area contributed by atoms with Gasteiger partial charge >= 0.3 is 5.97 Å². The third-order valence-corrected chi connectivity index (χ3v) is 4.75. The average Bonchev–Trinajstić information content (AvgIpc) is 2.73. The number of ether oxygens (including phenoxy) is 1. The minimum atomic E-state index is -0.324. The summed E-state index contributed by atoms with van der Waals surface area (Å²) in [6, 6.07) is 5.42. The number of esters is 1. The van der Waals surface area contributed by atoms with E-state index in [-0.39, 0.29) is 18.5 Å². The summed E-state index contributed by atoms with van der Waals surface area (Å²) in [7, 11) is 1.91. The second-order valence-electron chi connectivity index (χ2n) is 5.42. The SMILES string of the molecule is CC(=O)OCc1nc(C(C)C)c(Sc2cc(Cl)cc(Cl)c2)n1C. The van der Waals surface area contributed by atoms with Crippen LogP contribution in [0.5, 0.6) is 0 Å². The maximum atomic E-state index is 11.0. The van der Waals surface area contributed by atoms with Crippen molar-refractivity contribution in [3.05, 3.63) is 39.8 Å². The molecule has 0 saturated heterocycles. The van der Waals surface area contributed by atoms with E-state index in [9.17, 15) is 4.79 Å². The zero-order valence-corrected chi connectivity index (χ0v) is 15.7. The number of benzene rings is 1. The fraction of sp³-hybridized carbons (Fsp3) is 0.375. The van der Waals surface area contributed by atoms with Gasteiger partial charge < -0.3 is 9.30 Å². The van der Waals surface area contributed by atoms with Crippen LogP contribution in [0.2, 0.25) is 10.0 Å². The molecule has 1 aromatic carbocycles. The molecule has 0 aliphatic rings. The van der Waals surface area contributed by atoms with Crippen LogP contribution >= 0.6 is 35.0 Å². The summed E-state index contributed by atoms with van der Waals surface area (Å²) in [5, 5.41) is 2.17. The van der Waals surface area contributed by atoms with Crippen LogP contribution < -0.4 is 0 Å². The van der Waals surface area contributed by atoms with E-state index in [1.807, 2.05) is 23.7 Å². The smallest absolute Gasteiger partial charge is 0.303 e. The molecule has 2 rings (SSSR count). The highest BCUT2D eigenvalue weighted by molar-refractivity contribution is 7.99. The average molecular weight is 373 g/mol. The topological polar surface area (TPSA) is 44.1 Å². The van der Waals surface area contributed by atoms with Crippen molar-refractivity contribution in [3.63, 3.8) is 0 Å². The van der Waals surface area contributed by atoms with E-state index in [4.69, 9.17) is 27.9 Å². The van der Waals surface area contributed by atoms with Gasteiger partial charge in [-0.15, -0.1) is 0 Å². The lowest BCUT2D eigenvalue weighted by Crippen LogP contribution is -2.05. The van der Waals surface area contributed by atoms with Gasteiger partial charge in [0.2, 0.25) is 0 Å². The Morgan fingerprint density at radius 3 is 2.43 bits per heavy atom. The van der Waals surface area contributed by atoms with Crippen molar-refractivity contribution >= 4 is 40.9 Å². The highest BCUT2D eigenvalue weighted by Gasteiger charge is 2.19. The molecule has 0 unspecified atom stereocenters. The van der Waals surface area contributed by atoms with Crippen LogP contribution in [-0.4, -0.2) is 15.5 Å². The van der Waals surface area contributed by atoms with E-state index in [1.54, 1.807) is 17.8 Å². The molecule has 23 heavy (non-hydrogen) atoms. The maximum absolute atomic E-state index is 11.0. The summed E-state index contributed by atoms with van der Waals surface area (Å²) < 4.78 is 7.01. The molecule has 2 aromatic rings. The Kier molecular flexibility index (Phi) is 6.00. The molecule has 1 heterocycles. The van der Waals surface area contributed by atoms with Crippen LogP contribution in [0.15, 0.2) is 28.1 Å². The Morgan fingerprint density at radius 2 is 1.91 bits per heavy atom. The predicted octanol–water partition coefficient (Wildman–Crippen LogP) is 5.06. The molecule has 0 N–H and O–H groups in total. The Labute approximate surface area is 150 Å². The lowest BCUT2D eigenvalue weighted by atomic mass is 10.2. The standard InChI is InChI=1S/C16H18Cl2N2O2S/c1-9(2)15-16(20(4)14(19-15)8-22-10(3)21)23-13-6-11(17)5-12(18)7-13/h5-7,9H,8H2,1-4H3. The molecule has 0 amide bonds. The van der Waals surface area contributed by atoms with Crippen molar-refractivity contribution in [2.45, 2.75) is 43.2 Å². The molecule has 0 aliphatic carbocycles. The molecule has 0 bridgehead atoms. The molecule has 0 aliphatic heterocycles. The van der Waals surface area contributed by atoms with Gasteiger partial charge in [-0.2, -0.15) is 0 Å². The predicted molar refractivity (Wildman–Crippen MR) is 93.4 cm³/mol. The number of rotatable bonds is 5. The first-order valence-electron chi connectivity index (χ1n) is 7.10. The van der Waals surface area contributed by atoms with Gasteiger partial charge in [0.15, 0.2) is 0 Å². The molecule has 1 aromatic heterocycles. The summed E-state index contributed by atoms with van der Waals surface area (Å²) in [6.45, 7) is 5.69. The molecular formula is C16H18Cl2N2O2S. The number of imidazole rings is 1. The Morgan fingerprint density at radius 1 is 1.30 bits per heavy atom. The van der Waals surface area contributed by atoms with Gasteiger partial charge in [-0.3, -0.25) is 4.79 Å². The first-order chi connectivity index (χ1) is 10.8. The van der Waals surface area contributed by atoms with Crippen molar-refractivity contribution in [3.8, 4) is 0 Å². The second-order valence-corrected chi connectivity index (χ2v) is 7.35. The van der Waals surface area contributed by atoms with Gasteiger partial charge in [-0.05, 0) is 24.1 Å². The molecule has 0 saturated carbocycles. The van der Waals surface area contributed by atoms with Crippen molar-refractivity contribution < 1.29 is 9.53 Å². The van der Waals surface area contributed by atoms with E-state index in [1.165, 1.54) is 6.92 Å². The monoisotopic (exact) mass is 372 g/mol. The fourth-order valence-electron chi connectivity index (χ4n) is 2.04. The molecule has 124 valence electrons. The number of hydrogen-bond acceptors (Lipinski definition) is 4. The van der Waals surface area contributed by atoms with E-state index >= 15 is 0 Å². The van der Waals surface area contributed by atoms with E-state index < -0.39 is 0 Å². The highest BCUT2D eigenvalue weighted by atomic mass is 35.5.